The van der Waals surface area contributed by atoms with Gasteiger partial charge in [-0.25, -0.2) is 0 Å². The van der Waals surface area contributed by atoms with E-state index in [1.165, 1.54) is 0 Å². The van der Waals surface area contributed by atoms with Crippen LogP contribution in [-0.2, 0) is 0 Å². The summed E-state index contributed by atoms with van der Waals surface area (Å²) in [5.74, 6) is 0.834. The lowest BCUT2D eigenvalue weighted by Crippen LogP contribution is -2.04. The van der Waals surface area contributed by atoms with E-state index >= 15 is 0 Å². The number of hydrogen-bond acceptors (Lipinski definition) is 2. The van der Waals surface area contributed by atoms with Crippen LogP contribution in [0.3, 0.4) is 0 Å². The smallest absolute Gasteiger partial charge is 0.137 e. The summed E-state index contributed by atoms with van der Waals surface area (Å²) in [5, 5.41) is 9.66. The molecule has 0 heterocycles. The van der Waals surface area contributed by atoms with E-state index in [1.807, 2.05) is 39.0 Å². The van der Waals surface area contributed by atoms with Crippen LogP contribution in [0.25, 0.3) is 0 Å². The van der Waals surface area contributed by atoms with Gasteiger partial charge in [0.05, 0.1) is 23.6 Å². The van der Waals surface area contributed by atoms with Gasteiger partial charge in [0.25, 0.3) is 0 Å². The van der Waals surface area contributed by atoms with Gasteiger partial charge in [-0.3, -0.25) is 0 Å². The molecule has 86 valence electrons. The minimum absolute atomic E-state index is 0.117. The molecule has 0 spiro atoms. The first-order valence-electron chi connectivity index (χ1n) is 5.42. The van der Waals surface area contributed by atoms with E-state index in [2.05, 4.69) is 6.07 Å². The molecule has 0 aliphatic rings. The molecular formula is C13H16ClNO. The second kappa shape index (κ2) is 5.77. The molecule has 0 bridgehead atoms. The summed E-state index contributed by atoms with van der Waals surface area (Å²) in [6.07, 6.45) is 0. The monoisotopic (exact) mass is 237 g/mol. The zero-order valence-corrected chi connectivity index (χ0v) is 10.6. The number of rotatable bonds is 4. The molecule has 3 heteroatoms. The second-order valence-corrected chi connectivity index (χ2v) is 4.38. The number of benzene rings is 1. The summed E-state index contributed by atoms with van der Waals surface area (Å²) in [6.45, 7) is 6.55. The highest BCUT2D eigenvalue weighted by Crippen LogP contribution is 2.31. The Bertz CT molecular complexity index is 395. The highest BCUT2D eigenvalue weighted by molar-refractivity contribution is 6.32. The van der Waals surface area contributed by atoms with Crippen LogP contribution in [0.5, 0.6) is 5.75 Å². The Morgan fingerprint density at radius 1 is 1.44 bits per heavy atom. The van der Waals surface area contributed by atoms with Crippen LogP contribution < -0.4 is 4.74 Å². The maximum absolute atomic E-state index is 9.09. The van der Waals surface area contributed by atoms with Crippen molar-refractivity contribution >= 4 is 11.6 Å². The third kappa shape index (κ3) is 2.90. The summed E-state index contributed by atoms with van der Waals surface area (Å²) in [4.78, 5) is 0. The zero-order chi connectivity index (χ0) is 12.1. The minimum atomic E-state index is -0.117. The van der Waals surface area contributed by atoms with E-state index in [0.29, 0.717) is 17.4 Å². The van der Waals surface area contributed by atoms with Crippen LogP contribution in [0.1, 0.15) is 32.3 Å². The first-order valence-corrected chi connectivity index (χ1v) is 5.79. The van der Waals surface area contributed by atoms with Gasteiger partial charge in [0.1, 0.15) is 5.75 Å². The van der Waals surface area contributed by atoms with Crippen LogP contribution in [-0.4, -0.2) is 6.61 Å². The van der Waals surface area contributed by atoms with E-state index in [-0.39, 0.29) is 11.8 Å². The number of nitriles is 1. The molecule has 0 aliphatic carbocycles. The van der Waals surface area contributed by atoms with E-state index in [4.69, 9.17) is 21.6 Å². The first kappa shape index (κ1) is 12.9. The predicted molar refractivity (Wildman–Crippen MR) is 65.8 cm³/mol. The Labute approximate surface area is 102 Å². The van der Waals surface area contributed by atoms with E-state index < -0.39 is 0 Å². The second-order valence-electron chi connectivity index (χ2n) is 3.97. The largest absolute Gasteiger partial charge is 0.492 e. The lowest BCUT2D eigenvalue weighted by molar-refractivity contribution is 0.340. The van der Waals surface area contributed by atoms with Gasteiger partial charge in [-0.1, -0.05) is 31.5 Å². The van der Waals surface area contributed by atoms with Crippen molar-refractivity contribution in [2.24, 2.45) is 5.92 Å². The fraction of sp³-hybridized carbons (Fsp3) is 0.462. The molecule has 1 rings (SSSR count). The summed E-state index contributed by atoms with van der Waals surface area (Å²) in [7, 11) is 0. The Kier molecular flexibility index (Phi) is 4.64. The van der Waals surface area contributed by atoms with Gasteiger partial charge in [-0.15, -0.1) is 0 Å². The molecule has 0 saturated carbocycles. The van der Waals surface area contributed by atoms with Crippen molar-refractivity contribution < 1.29 is 4.74 Å². The molecule has 0 N–H and O–H groups in total. The first-order chi connectivity index (χ1) is 7.60. The molecule has 1 atom stereocenters. The summed E-state index contributed by atoms with van der Waals surface area (Å²) in [6, 6.07) is 7.85. The molecule has 2 nitrogen and oxygen atoms in total. The summed E-state index contributed by atoms with van der Waals surface area (Å²) < 4.78 is 5.35. The Balaban J connectivity index is 3.01. The van der Waals surface area contributed by atoms with Crippen LogP contribution >= 0.6 is 11.6 Å². The lowest BCUT2D eigenvalue weighted by atomic mass is 9.90. The number of ether oxygens (including phenoxy) is 1. The SMILES string of the molecule is CCOc1ccc(C(C#N)C(C)C)cc1Cl. The van der Waals surface area contributed by atoms with Crippen LogP contribution in [0.4, 0.5) is 0 Å². The average Bonchev–Trinajstić information content (AvgIpc) is 2.22. The van der Waals surface area contributed by atoms with Gasteiger partial charge in [-0.2, -0.15) is 5.26 Å². The molecule has 0 radical (unpaired) electrons. The number of nitrogens with zero attached hydrogens (tertiary/aromatic N) is 1. The molecule has 0 saturated heterocycles. The molecule has 16 heavy (non-hydrogen) atoms. The lowest BCUT2D eigenvalue weighted by Gasteiger charge is -2.14. The summed E-state index contributed by atoms with van der Waals surface area (Å²) >= 11 is 6.08. The third-order valence-electron chi connectivity index (χ3n) is 2.42. The standard InChI is InChI=1S/C13H16ClNO/c1-4-16-13-6-5-10(7-12(13)14)11(8-15)9(2)3/h5-7,9,11H,4H2,1-3H3. The minimum Gasteiger partial charge on any atom is -0.492 e. The van der Waals surface area contributed by atoms with Crippen LogP contribution in [0.15, 0.2) is 18.2 Å². The van der Waals surface area contributed by atoms with E-state index in [9.17, 15) is 0 Å². The Morgan fingerprint density at radius 3 is 2.56 bits per heavy atom. The third-order valence-corrected chi connectivity index (χ3v) is 2.72. The number of hydrogen-bond donors (Lipinski definition) is 0. The normalized spacial score (nSPS) is 12.2. The average molecular weight is 238 g/mol. The number of halogens is 1. The maximum atomic E-state index is 9.09. The molecular weight excluding hydrogens is 222 g/mol. The van der Waals surface area contributed by atoms with Gasteiger partial charge in [-0.05, 0) is 30.5 Å². The molecule has 1 aromatic carbocycles. The van der Waals surface area contributed by atoms with Crippen molar-refractivity contribution in [3.05, 3.63) is 28.8 Å². The topological polar surface area (TPSA) is 33.0 Å². The van der Waals surface area contributed by atoms with Gasteiger partial charge in [0, 0.05) is 0 Å². The molecule has 0 aliphatic heterocycles. The highest BCUT2D eigenvalue weighted by atomic mass is 35.5. The van der Waals surface area contributed by atoms with Gasteiger partial charge in [0.2, 0.25) is 0 Å². The fourth-order valence-corrected chi connectivity index (χ4v) is 1.84. The van der Waals surface area contributed by atoms with Crippen molar-refractivity contribution in [1.29, 1.82) is 5.26 Å². The van der Waals surface area contributed by atoms with Crippen molar-refractivity contribution in [3.63, 3.8) is 0 Å². The highest BCUT2D eigenvalue weighted by Gasteiger charge is 2.16. The molecule has 0 aromatic heterocycles. The zero-order valence-electron chi connectivity index (χ0n) is 9.83. The maximum Gasteiger partial charge on any atom is 0.137 e. The molecule has 1 unspecified atom stereocenters. The van der Waals surface area contributed by atoms with Crippen molar-refractivity contribution in [1.82, 2.24) is 0 Å². The molecule has 0 amide bonds. The van der Waals surface area contributed by atoms with E-state index in [0.717, 1.165) is 5.56 Å². The molecule has 1 aromatic rings. The van der Waals surface area contributed by atoms with Gasteiger partial charge in [0.15, 0.2) is 0 Å². The van der Waals surface area contributed by atoms with Crippen molar-refractivity contribution in [3.8, 4) is 11.8 Å². The summed E-state index contributed by atoms with van der Waals surface area (Å²) in [5.41, 5.74) is 0.950. The fourth-order valence-electron chi connectivity index (χ4n) is 1.59. The van der Waals surface area contributed by atoms with Gasteiger partial charge < -0.3 is 4.74 Å². The Hall–Kier alpha value is -1.20. The van der Waals surface area contributed by atoms with Crippen molar-refractivity contribution in [2.75, 3.05) is 6.61 Å². The predicted octanol–water partition coefficient (Wildman–Crippen LogP) is 4.00. The van der Waals surface area contributed by atoms with Crippen molar-refractivity contribution in [2.45, 2.75) is 26.7 Å². The molecule has 0 fully saturated rings. The van der Waals surface area contributed by atoms with E-state index in [1.54, 1.807) is 0 Å². The van der Waals surface area contributed by atoms with Crippen LogP contribution in [0, 0.1) is 17.2 Å². The van der Waals surface area contributed by atoms with Crippen LogP contribution in [0.2, 0.25) is 5.02 Å². The quantitative estimate of drug-likeness (QED) is 0.793. The van der Waals surface area contributed by atoms with Gasteiger partial charge >= 0.3 is 0 Å². The Morgan fingerprint density at radius 2 is 2.12 bits per heavy atom.